The van der Waals surface area contributed by atoms with Crippen LogP contribution in [0.1, 0.15) is 5.56 Å². The molecule has 0 fully saturated rings. The van der Waals surface area contributed by atoms with Crippen LogP contribution >= 0.6 is 27.5 Å². The summed E-state index contributed by atoms with van der Waals surface area (Å²) < 4.78 is 11.5. The zero-order valence-corrected chi connectivity index (χ0v) is 13.6. The van der Waals surface area contributed by atoms with Gasteiger partial charge in [-0.3, -0.25) is 0 Å². The molecule has 0 aliphatic rings. The Morgan fingerprint density at radius 2 is 1.70 bits per heavy atom. The minimum absolute atomic E-state index is 0.645. The van der Waals surface area contributed by atoms with Gasteiger partial charge in [0, 0.05) is 22.1 Å². The Morgan fingerprint density at radius 1 is 1.05 bits per heavy atom. The van der Waals surface area contributed by atoms with Crippen LogP contribution in [0.5, 0.6) is 11.5 Å². The lowest BCUT2D eigenvalue weighted by Crippen LogP contribution is -2.01. The lowest BCUT2D eigenvalue weighted by molar-refractivity contribution is 0.393. The highest BCUT2D eigenvalue weighted by Crippen LogP contribution is 2.27. The molecule has 0 bridgehead atoms. The highest BCUT2D eigenvalue weighted by atomic mass is 79.9. The molecule has 2 aromatic rings. The first-order chi connectivity index (χ1) is 9.62. The topological polar surface area (TPSA) is 30.5 Å². The van der Waals surface area contributed by atoms with E-state index < -0.39 is 0 Å². The largest absolute Gasteiger partial charge is 0.497 e. The fourth-order valence-electron chi connectivity index (χ4n) is 1.80. The second-order valence-electron chi connectivity index (χ2n) is 4.20. The van der Waals surface area contributed by atoms with Crippen LogP contribution in [0.15, 0.2) is 40.9 Å². The second-order valence-corrected chi connectivity index (χ2v) is 5.49. The summed E-state index contributed by atoms with van der Waals surface area (Å²) in [6.07, 6.45) is 0. The second kappa shape index (κ2) is 6.86. The van der Waals surface area contributed by atoms with Crippen molar-refractivity contribution >= 4 is 33.2 Å². The van der Waals surface area contributed by atoms with Gasteiger partial charge in [-0.2, -0.15) is 0 Å². The standard InChI is InChI=1S/C15H15BrClNO2/c1-19-12-5-10(6-13(8-12)20-2)9-18-15-7-11(17)3-4-14(15)16/h3-8,18H,9H2,1-2H3. The molecule has 0 aromatic heterocycles. The molecule has 0 saturated heterocycles. The number of anilines is 1. The van der Waals surface area contributed by atoms with Gasteiger partial charge < -0.3 is 14.8 Å². The first-order valence-electron chi connectivity index (χ1n) is 6.03. The lowest BCUT2D eigenvalue weighted by atomic mass is 10.2. The quantitative estimate of drug-likeness (QED) is 0.840. The van der Waals surface area contributed by atoms with E-state index in [4.69, 9.17) is 21.1 Å². The van der Waals surface area contributed by atoms with Crippen LogP contribution in [0, 0.1) is 0 Å². The van der Waals surface area contributed by atoms with E-state index in [2.05, 4.69) is 21.2 Å². The number of halogens is 2. The Labute approximate surface area is 132 Å². The summed E-state index contributed by atoms with van der Waals surface area (Å²) >= 11 is 9.48. The average molecular weight is 357 g/mol. The van der Waals surface area contributed by atoms with E-state index in [9.17, 15) is 0 Å². The van der Waals surface area contributed by atoms with Crippen molar-refractivity contribution in [2.75, 3.05) is 19.5 Å². The third kappa shape index (κ3) is 3.81. The van der Waals surface area contributed by atoms with Crippen LogP contribution in [0.3, 0.4) is 0 Å². The third-order valence-electron chi connectivity index (χ3n) is 2.82. The fourth-order valence-corrected chi connectivity index (χ4v) is 2.36. The van der Waals surface area contributed by atoms with Gasteiger partial charge in [0.1, 0.15) is 11.5 Å². The molecule has 0 spiro atoms. The zero-order valence-electron chi connectivity index (χ0n) is 11.2. The van der Waals surface area contributed by atoms with Crippen LogP contribution < -0.4 is 14.8 Å². The molecule has 0 heterocycles. The normalized spacial score (nSPS) is 10.2. The maximum atomic E-state index is 5.99. The molecule has 20 heavy (non-hydrogen) atoms. The summed E-state index contributed by atoms with van der Waals surface area (Å²) in [6, 6.07) is 11.4. The Bertz CT molecular complexity index is 582. The molecule has 0 amide bonds. The Hall–Kier alpha value is -1.39. The van der Waals surface area contributed by atoms with Gasteiger partial charge in [0.25, 0.3) is 0 Å². The molecule has 2 aromatic carbocycles. The highest BCUT2D eigenvalue weighted by Gasteiger charge is 2.04. The Morgan fingerprint density at radius 3 is 2.30 bits per heavy atom. The average Bonchev–Trinajstić information content (AvgIpc) is 2.47. The molecule has 5 heteroatoms. The molecular formula is C15H15BrClNO2. The molecule has 0 aliphatic carbocycles. The molecule has 3 nitrogen and oxygen atoms in total. The van der Waals surface area contributed by atoms with E-state index in [0.717, 1.165) is 27.2 Å². The van der Waals surface area contributed by atoms with E-state index in [1.165, 1.54) is 0 Å². The van der Waals surface area contributed by atoms with E-state index in [1.807, 2.05) is 36.4 Å². The number of methoxy groups -OCH3 is 2. The SMILES string of the molecule is COc1cc(CNc2cc(Cl)ccc2Br)cc(OC)c1. The predicted molar refractivity (Wildman–Crippen MR) is 86.0 cm³/mol. The van der Waals surface area contributed by atoms with E-state index in [-0.39, 0.29) is 0 Å². The van der Waals surface area contributed by atoms with Crippen molar-refractivity contribution < 1.29 is 9.47 Å². The van der Waals surface area contributed by atoms with Gasteiger partial charge >= 0.3 is 0 Å². The summed E-state index contributed by atoms with van der Waals surface area (Å²) in [6.45, 7) is 0.645. The summed E-state index contributed by atoms with van der Waals surface area (Å²) in [7, 11) is 3.28. The van der Waals surface area contributed by atoms with Crippen LogP contribution in [0.4, 0.5) is 5.69 Å². The van der Waals surface area contributed by atoms with Crippen molar-refractivity contribution in [2.24, 2.45) is 0 Å². The maximum absolute atomic E-state index is 5.99. The highest BCUT2D eigenvalue weighted by molar-refractivity contribution is 9.10. The first-order valence-corrected chi connectivity index (χ1v) is 7.20. The number of ether oxygens (including phenoxy) is 2. The zero-order chi connectivity index (χ0) is 14.5. The van der Waals surface area contributed by atoms with Crippen molar-refractivity contribution in [1.29, 1.82) is 0 Å². The molecule has 0 saturated carbocycles. The fraction of sp³-hybridized carbons (Fsp3) is 0.200. The monoisotopic (exact) mass is 355 g/mol. The van der Waals surface area contributed by atoms with Gasteiger partial charge in [0.05, 0.1) is 19.9 Å². The van der Waals surface area contributed by atoms with Crippen molar-refractivity contribution in [1.82, 2.24) is 0 Å². The number of benzene rings is 2. The van der Waals surface area contributed by atoms with Gasteiger partial charge in [0.2, 0.25) is 0 Å². The van der Waals surface area contributed by atoms with E-state index >= 15 is 0 Å². The molecule has 0 unspecified atom stereocenters. The Balaban J connectivity index is 2.16. The molecule has 106 valence electrons. The van der Waals surface area contributed by atoms with Crippen molar-refractivity contribution in [2.45, 2.75) is 6.54 Å². The van der Waals surface area contributed by atoms with Crippen LogP contribution in [0.25, 0.3) is 0 Å². The smallest absolute Gasteiger partial charge is 0.122 e. The van der Waals surface area contributed by atoms with Crippen LogP contribution in [-0.2, 0) is 6.54 Å². The number of hydrogen-bond acceptors (Lipinski definition) is 3. The number of hydrogen-bond donors (Lipinski definition) is 1. The predicted octanol–water partition coefficient (Wildman–Crippen LogP) is 4.73. The van der Waals surface area contributed by atoms with E-state index in [1.54, 1.807) is 14.2 Å². The minimum atomic E-state index is 0.645. The van der Waals surface area contributed by atoms with Gasteiger partial charge in [0.15, 0.2) is 0 Å². The third-order valence-corrected chi connectivity index (χ3v) is 3.75. The molecule has 0 atom stereocenters. The van der Waals surface area contributed by atoms with E-state index in [0.29, 0.717) is 11.6 Å². The van der Waals surface area contributed by atoms with Crippen LogP contribution in [-0.4, -0.2) is 14.2 Å². The maximum Gasteiger partial charge on any atom is 0.122 e. The Kier molecular flexibility index (Phi) is 5.15. The van der Waals surface area contributed by atoms with Crippen LogP contribution in [0.2, 0.25) is 5.02 Å². The van der Waals surface area contributed by atoms with Gasteiger partial charge in [-0.05, 0) is 51.8 Å². The summed E-state index contributed by atoms with van der Waals surface area (Å²) in [5.41, 5.74) is 2.01. The minimum Gasteiger partial charge on any atom is -0.497 e. The molecule has 0 radical (unpaired) electrons. The summed E-state index contributed by atoms with van der Waals surface area (Å²) in [5, 5.41) is 4.02. The lowest BCUT2D eigenvalue weighted by Gasteiger charge is -2.11. The molecule has 0 aliphatic heterocycles. The van der Waals surface area contributed by atoms with Gasteiger partial charge in [-0.1, -0.05) is 11.6 Å². The first kappa shape index (κ1) is 15.0. The van der Waals surface area contributed by atoms with Gasteiger partial charge in [-0.15, -0.1) is 0 Å². The number of nitrogens with one attached hydrogen (secondary N) is 1. The van der Waals surface area contributed by atoms with Crippen molar-refractivity contribution in [3.05, 3.63) is 51.5 Å². The summed E-state index contributed by atoms with van der Waals surface area (Å²) in [4.78, 5) is 0. The number of rotatable bonds is 5. The molecule has 1 N–H and O–H groups in total. The van der Waals surface area contributed by atoms with Crippen molar-refractivity contribution in [3.8, 4) is 11.5 Å². The summed E-state index contributed by atoms with van der Waals surface area (Å²) in [5.74, 6) is 1.54. The van der Waals surface area contributed by atoms with Gasteiger partial charge in [-0.25, -0.2) is 0 Å². The molecular weight excluding hydrogens is 342 g/mol. The van der Waals surface area contributed by atoms with Crippen molar-refractivity contribution in [3.63, 3.8) is 0 Å². The molecule has 2 rings (SSSR count).